The average Bonchev–Trinajstić information content (AvgIpc) is 3.51. The Morgan fingerprint density at radius 2 is 1.94 bits per heavy atom. The van der Waals surface area contributed by atoms with E-state index in [1.54, 1.807) is 12.1 Å². The summed E-state index contributed by atoms with van der Waals surface area (Å²) in [5.41, 5.74) is 1.83. The third kappa shape index (κ3) is 5.24. The van der Waals surface area contributed by atoms with E-state index in [0.717, 1.165) is 11.3 Å². The molecule has 0 bridgehead atoms. The molecular weight excluding hydrogens is 446 g/mol. The number of furan rings is 1. The summed E-state index contributed by atoms with van der Waals surface area (Å²) in [6, 6.07) is 18.7. The molecule has 0 spiro atoms. The van der Waals surface area contributed by atoms with E-state index in [1.165, 1.54) is 18.2 Å². The maximum absolute atomic E-state index is 12.6. The van der Waals surface area contributed by atoms with E-state index < -0.39 is 4.92 Å². The lowest BCUT2D eigenvalue weighted by Gasteiger charge is -2.15. The Balaban J connectivity index is 1.37. The molecule has 1 unspecified atom stereocenters. The van der Waals surface area contributed by atoms with Gasteiger partial charge in [0, 0.05) is 30.2 Å². The Bertz CT molecular complexity index is 1280. The van der Waals surface area contributed by atoms with E-state index in [0.29, 0.717) is 5.76 Å². The van der Waals surface area contributed by atoms with Gasteiger partial charge in [-0.25, -0.2) is 0 Å². The second-order valence-electron chi connectivity index (χ2n) is 7.31. The third-order valence-electron chi connectivity index (χ3n) is 5.00. The molecule has 4 aromatic rings. The number of nitrogens with one attached hydrogen (secondary N) is 1. The van der Waals surface area contributed by atoms with Crippen molar-refractivity contribution in [2.75, 3.05) is 0 Å². The maximum Gasteiger partial charge on any atom is 0.287 e. The Labute approximate surface area is 194 Å². The van der Waals surface area contributed by atoms with Gasteiger partial charge in [0.05, 0.1) is 16.0 Å². The van der Waals surface area contributed by atoms with Crippen LogP contribution in [-0.4, -0.2) is 15.4 Å². The van der Waals surface area contributed by atoms with Crippen molar-refractivity contribution in [1.29, 1.82) is 0 Å². The third-order valence-corrected chi connectivity index (χ3v) is 5.30. The van der Waals surface area contributed by atoms with E-state index in [1.807, 2.05) is 60.3 Å². The van der Waals surface area contributed by atoms with Crippen molar-refractivity contribution in [3.8, 4) is 11.4 Å². The molecule has 2 heterocycles. The molecule has 1 N–H and O–H groups in total. The van der Waals surface area contributed by atoms with Crippen LogP contribution in [0.5, 0.6) is 5.75 Å². The molecule has 2 aromatic heterocycles. The van der Waals surface area contributed by atoms with Crippen molar-refractivity contribution in [2.45, 2.75) is 19.6 Å². The minimum Gasteiger partial charge on any atom is -0.484 e. The van der Waals surface area contributed by atoms with Gasteiger partial charge in [-0.3, -0.25) is 14.9 Å². The summed E-state index contributed by atoms with van der Waals surface area (Å²) in [5.74, 6) is 0.489. The normalized spacial score (nSPS) is 11.7. The van der Waals surface area contributed by atoms with E-state index >= 15 is 0 Å². The molecule has 0 radical (unpaired) electrons. The second kappa shape index (κ2) is 9.62. The second-order valence-corrected chi connectivity index (χ2v) is 7.71. The number of aromatic nitrogens is 1. The summed E-state index contributed by atoms with van der Waals surface area (Å²) in [7, 11) is 0. The van der Waals surface area contributed by atoms with Gasteiger partial charge in [-0.05, 0) is 55.0 Å². The highest BCUT2D eigenvalue weighted by Crippen LogP contribution is 2.29. The minimum absolute atomic E-state index is 0.0132. The van der Waals surface area contributed by atoms with Crippen LogP contribution in [0.3, 0.4) is 0 Å². The van der Waals surface area contributed by atoms with Crippen LogP contribution >= 0.6 is 11.6 Å². The summed E-state index contributed by atoms with van der Waals surface area (Å²) in [5, 5.41) is 13.8. The van der Waals surface area contributed by atoms with Crippen molar-refractivity contribution in [2.24, 2.45) is 0 Å². The number of carbonyl (C=O) groups excluding carboxylic acids is 1. The summed E-state index contributed by atoms with van der Waals surface area (Å²) in [6.07, 6.45) is 3.91. The first-order valence-electron chi connectivity index (χ1n) is 10.1. The van der Waals surface area contributed by atoms with Gasteiger partial charge in [0.2, 0.25) is 0 Å². The SMILES string of the molecule is CC(NC(=O)c1ccc(COc2ccc([N+](=O)[O-])cc2Cl)o1)c1cccc(-n2cccc2)c1. The van der Waals surface area contributed by atoms with Crippen LogP contribution in [0, 0.1) is 10.1 Å². The van der Waals surface area contributed by atoms with Gasteiger partial charge in [0.15, 0.2) is 5.76 Å². The zero-order chi connectivity index (χ0) is 23.4. The number of non-ortho nitro benzene ring substituents is 1. The first-order valence-corrected chi connectivity index (χ1v) is 10.5. The molecule has 1 atom stereocenters. The van der Waals surface area contributed by atoms with Crippen molar-refractivity contribution in [3.05, 3.63) is 111 Å². The molecule has 168 valence electrons. The zero-order valence-corrected chi connectivity index (χ0v) is 18.4. The topological polar surface area (TPSA) is 99.5 Å². The molecule has 0 saturated heterocycles. The summed E-state index contributed by atoms with van der Waals surface area (Å²) < 4.78 is 13.2. The molecule has 0 aliphatic carbocycles. The monoisotopic (exact) mass is 465 g/mol. The van der Waals surface area contributed by atoms with Crippen molar-refractivity contribution in [1.82, 2.24) is 9.88 Å². The van der Waals surface area contributed by atoms with Gasteiger partial charge in [0.25, 0.3) is 11.6 Å². The fraction of sp³-hybridized carbons (Fsp3) is 0.125. The van der Waals surface area contributed by atoms with Gasteiger partial charge >= 0.3 is 0 Å². The van der Waals surface area contributed by atoms with Crippen molar-refractivity contribution >= 4 is 23.2 Å². The summed E-state index contributed by atoms with van der Waals surface area (Å²) in [4.78, 5) is 22.9. The van der Waals surface area contributed by atoms with Crippen LogP contribution in [0.4, 0.5) is 5.69 Å². The van der Waals surface area contributed by atoms with Gasteiger partial charge in [-0.1, -0.05) is 23.7 Å². The Morgan fingerprint density at radius 1 is 1.15 bits per heavy atom. The smallest absolute Gasteiger partial charge is 0.287 e. The molecular formula is C24H20ClN3O5. The average molecular weight is 466 g/mol. The van der Waals surface area contributed by atoms with E-state index in [-0.39, 0.29) is 40.8 Å². The molecule has 1 amide bonds. The van der Waals surface area contributed by atoms with Crippen LogP contribution < -0.4 is 10.1 Å². The van der Waals surface area contributed by atoms with Crippen LogP contribution in [0.25, 0.3) is 5.69 Å². The molecule has 8 nitrogen and oxygen atoms in total. The number of nitro groups is 1. The fourth-order valence-corrected chi connectivity index (χ4v) is 3.49. The van der Waals surface area contributed by atoms with Gasteiger partial charge in [-0.15, -0.1) is 0 Å². The Hall–Kier alpha value is -4.04. The number of halogens is 1. The lowest BCUT2D eigenvalue weighted by molar-refractivity contribution is -0.384. The highest BCUT2D eigenvalue weighted by atomic mass is 35.5. The quantitative estimate of drug-likeness (QED) is 0.265. The molecule has 0 saturated carbocycles. The van der Waals surface area contributed by atoms with Gasteiger partial charge in [0.1, 0.15) is 18.1 Å². The highest BCUT2D eigenvalue weighted by molar-refractivity contribution is 6.32. The van der Waals surface area contributed by atoms with Crippen molar-refractivity contribution < 1.29 is 18.9 Å². The number of nitro benzene ring substituents is 1. The molecule has 4 rings (SSSR count). The number of hydrogen-bond donors (Lipinski definition) is 1. The zero-order valence-electron chi connectivity index (χ0n) is 17.6. The van der Waals surface area contributed by atoms with E-state index in [4.69, 9.17) is 20.8 Å². The first kappa shape index (κ1) is 22.2. The van der Waals surface area contributed by atoms with E-state index in [9.17, 15) is 14.9 Å². The van der Waals surface area contributed by atoms with Gasteiger partial charge < -0.3 is 19.0 Å². The summed E-state index contributed by atoms with van der Waals surface area (Å²) >= 11 is 6.03. The molecule has 2 aromatic carbocycles. The Kier molecular flexibility index (Phi) is 6.46. The number of benzene rings is 2. The van der Waals surface area contributed by atoms with Gasteiger partial charge in [-0.2, -0.15) is 0 Å². The first-order chi connectivity index (χ1) is 15.9. The van der Waals surface area contributed by atoms with Crippen LogP contribution in [0.1, 0.15) is 34.8 Å². The Morgan fingerprint density at radius 3 is 2.67 bits per heavy atom. The van der Waals surface area contributed by atoms with E-state index in [2.05, 4.69) is 5.32 Å². The molecule has 0 aliphatic rings. The maximum atomic E-state index is 12.6. The predicted molar refractivity (Wildman–Crippen MR) is 123 cm³/mol. The standard InChI is InChI=1S/C24H20ClN3O5/c1-16(17-5-4-6-18(13-17)27-11-2-3-12-27)26-24(29)23-10-8-20(33-23)15-32-22-9-7-19(28(30)31)14-21(22)25/h2-14,16H,15H2,1H3,(H,26,29). The van der Waals surface area contributed by atoms with Crippen LogP contribution in [0.2, 0.25) is 5.02 Å². The highest BCUT2D eigenvalue weighted by Gasteiger charge is 2.16. The number of nitrogens with zero attached hydrogens (tertiary/aromatic N) is 2. The molecule has 33 heavy (non-hydrogen) atoms. The number of rotatable bonds is 8. The number of hydrogen-bond acceptors (Lipinski definition) is 5. The molecule has 0 aliphatic heterocycles. The molecule has 9 heteroatoms. The largest absolute Gasteiger partial charge is 0.484 e. The molecule has 0 fully saturated rings. The van der Waals surface area contributed by atoms with Crippen molar-refractivity contribution in [3.63, 3.8) is 0 Å². The van der Waals surface area contributed by atoms with Crippen LogP contribution in [-0.2, 0) is 6.61 Å². The summed E-state index contributed by atoms with van der Waals surface area (Å²) in [6.45, 7) is 1.91. The number of ether oxygens (including phenoxy) is 1. The predicted octanol–water partition coefficient (Wildman–Crippen LogP) is 5.70. The lowest BCUT2D eigenvalue weighted by atomic mass is 10.1. The minimum atomic E-state index is -0.537. The number of amides is 1. The number of carbonyl (C=O) groups is 1. The van der Waals surface area contributed by atoms with Crippen LogP contribution in [0.15, 0.2) is 83.5 Å². The fourth-order valence-electron chi connectivity index (χ4n) is 3.26. The lowest BCUT2D eigenvalue weighted by Crippen LogP contribution is -2.26.